The third kappa shape index (κ3) is 3.43. The lowest BCUT2D eigenvalue weighted by atomic mass is 9.68. The molecule has 0 radical (unpaired) electrons. The van der Waals surface area contributed by atoms with Crippen LogP contribution in [0.15, 0.2) is 0 Å². The Hall–Kier alpha value is -0.120. The van der Waals surface area contributed by atoms with Gasteiger partial charge in [0.25, 0.3) is 0 Å². The second kappa shape index (κ2) is 6.17. The lowest BCUT2D eigenvalue weighted by Crippen LogP contribution is -2.47. The number of aliphatic hydroxyl groups excluding tert-OH is 1. The first-order valence-corrected chi connectivity index (χ1v) is 7.28. The molecule has 2 N–H and O–H groups in total. The fourth-order valence-corrected chi connectivity index (χ4v) is 3.56. The lowest BCUT2D eigenvalue weighted by Gasteiger charge is -2.45. The van der Waals surface area contributed by atoms with E-state index in [2.05, 4.69) is 10.2 Å². The third-order valence-corrected chi connectivity index (χ3v) is 4.94. The molecule has 1 saturated heterocycles. The third-order valence-electron chi connectivity index (χ3n) is 4.94. The van der Waals surface area contributed by atoms with Crippen molar-refractivity contribution in [3.05, 3.63) is 0 Å². The molecule has 0 amide bonds. The zero-order valence-electron chi connectivity index (χ0n) is 11.2. The van der Waals surface area contributed by atoms with Crippen LogP contribution >= 0.6 is 0 Å². The van der Waals surface area contributed by atoms with E-state index in [1.807, 2.05) is 7.05 Å². The average molecular weight is 240 g/mol. The quantitative estimate of drug-likeness (QED) is 0.784. The molecular formula is C14H28N2O. The first-order chi connectivity index (χ1) is 8.28. The van der Waals surface area contributed by atoms with E-state index < -0.39 is 0 Å². The van der Waals surface area contributed by atoms with Crippen molar-refractivity contribution in [2.75, 3.05) is 33.3 Å². The number of hydrogen-bond acceptors (Lipinski definition) is 3. The molecule has 17 heavy (non-hydrogen) atoms. The van der Waals surface area contributed by atoms with Crippen molar-refractivity contribution in [1.82, 2.24) is 10.2 Å². The van der Waals surface area contributed by atoms with Gasteiger partial charge in [-0.25, -0.2) is 0 Å². The highest BCUT2D eigenvalue weighted by Crippen LogP contribution is 2.44. The SMILES string of the molecule is CNC(CO)CN1CCC2(CCCCC2)CC1. The maximum atomic E-state index is 9.21. The van der Waals surface area contributed by atoms with E-state index in [-0.39, 0.29) is 12.6 Å². The van der Waals surface area contributed by atoms with E-state index in [9.17, 15) is 5.11 Å². The van der Waals surface area contributed by atoms with Gasteiger partial charge in [0.1, 0.15) is 0 Å². The smallest absolute Gasteiger partial charge is 0.0597 e. The highest BCUT2D eigenvalue weighted by molar-refractivity contribution is 4.89. The van der Waals surface area contributed by atoms with Crippen LogP contribution in [0.2, 0.25) is 0 Å². The van der Waals surface area contributed by atoms with Gasteiger partial charge >= 0.3 is 0 Å². The predicted molar refractivity (Wildman–Crippen MR) is 71.1 cm³/mol. The molecule has 1 spiro atoms. The molecule has 0 bridgehead atoms. The molecule has 2 fully saturated rings. The normalized spacial score (nSPS) is 27.2. The molecule has 0 aromatic carbocycles. The van der Waals surface area contributed by atoms with Gasteiger partial charge in [0.05, 0.1) is 6.61 Å². The minimum atomic E-state index is 0.246. The number of likely N-dealkylation sites (N-methyl/N-ethyl adjacent to an activating group) is 1. The number of piperidine rings is 1. The van der Waals surface area contributed by atoms with Crippen molar-refractivity contribution in [2.24, 2.45) is 5.41 Å². The Morgan fingerprint density at radius 1 is 1.12 bits per heavy atom. The summed E-state index contributed by atoms with van der Waals surface area (Å²) in [6.07, 6.45) is 10.1. The fraction of sp³-hybridized carbons (Fsp3) is 1.00. The van der Waals surface area contributed by atoms with Crippen LogP contribution < -0.4 is 5.32 Å². The summed E-state index contributed by atoms with van der Waals surface area (Å²) in [5.41, 5.74) is 0.698. The largest absolute Gasteiger partial charge is 0.395 e. The standard InChI is InChI=1S/C14H28N2O/c1-15-13(12-17)11-16-9-7-14(8-10-16)5-3-2-4-6-14/h13,15,17H,2-12H2,1H3. The minimum absolute atomic E-state index is 0.246. The summed E-state index contributed by atoms with van der Waals surface area (Å²) in [7, 11) is 1.94. The summed E-state index contributed by atoms with van der Waals surface area (Å²) in [5, 5.41) is 12.4. The lowest BCUT2D eigenvalue weighted by molar-refractivity contribution is 0.0587. The zero-order valence-corrected chi connectivity index (χ0v) is 11.2. The molecule has 2 rings (SSSR count). The summed E-state index contributed by atoms with van der Waals surface area (Å²) < 4.78 is 0. The van der Waals surface area contributed by atoms with Crippen LogP contribution in [-0.4, -0.2) is 49.3 Å². The number of nitrogens with one attached hydrogen (secondary N) is 1. The van der Waals surface area contributed by atoms with Gasteiger partial charge in [-0.2, -0.15) is 0 Å². The Balaban J connectivity index is 1.77. The number of aliphatic hydroxyl groups is 1. The summed E-state index contributed by atoms with van der Waals surface area (Å²) in [6.45, 7) is 3.72. The minimum Gasteiger partial charge on any atom is -0.395 e. The van der Waals surface area contributed by atoms with E-state index in [1.54, 1.807) is 0 Å². The summed E-state index contributed by atoms with van der Waals surface area (Å²) >= 11 is 0. The monoisotopic (exact) mass is 240 g/mol. The Bertz CT molecular complexity index is 212. The van der Waals surface area contributed by atoms with Crippen LogP contribution in [-0.2, 0) is 0 Å². The van der Waals surface area contributed by atoms with E-state index >= 15 is 0 Å². The summed E-state index contributed by atoms with van der Waals surface area (Å²) in [6, 6.07) is 0.246. The van der Waals surface area contributed by atoms with Crippen LogP contribution in [0.5, 0.6) is 0 Å². The summed E-state index contributed by atoms with van der Waals surface area (Å²) in [5.74, 6) is 0. The Labute approximate surface area is 106 Å². The van der Waals surface area contributed by atoms with Gasteiger partial charge in [0, 0.05) is 12.6 Å². The van der Waals surface area contributed by atoms with Crippen LogP contribution in [0, 0.1) is 5.41 Å². The Kier molecular flexibility index (Phi) is 4.83. The average Bonchev–Trinajstić information content (AvgIpc) is 2.39. The van der Waals surface area contributed by atoms with Crippen molar-refractivity contribution >= 4 is 0 Å². The molecule has 1 saturated carbocycles. The molecule has 2 aliphatic rings. The van der Waals surface area contributed by atoms with E-state index in [1.165, 1.54) is 58.0 Å². The van der Waals surface area contributed by atoms with Gasteiger partial charge in [0.15, 0.2) is 0 Å². The van der Waals surface area contributed by atoms with Gasteiger partial charge in [-0.15, -0.1) is 0 Å². The second-order valence-corrected chi connectivity index (χ2v) is 6.03. The molecular weight excluding hydrogens is 212 g/mol. The molecule has 100 valence electrons. The molecule has 1 aliphatic heterocycles. The molecule has 0 aromatic heterocycles. The van der Waals surface area contributed by atoms with E-state index in [0.29, 0.717) is 5.41 Å². The van der Waals surface area contributed by atoms with Crippen LogP contribution in [0.3, 0.4) is 0 Å². The van der Waals surface area contributed by atoms with Gasteiger partial charge in [-0.1, -0.05) is 19.3 Å². The summed E-state index contributed by atoms with van der Waals surface area (Å²) in [4.78, 5) is 2.53. The predicted octanol–water partition coefficient (Wildman–Crippen LogP) is 1.61. The molecule has 0 aromatic rings. The molecule has 3 heteroatoms. The Morgan fingerprint density at radius 2 is 1.76 bits per heavy atom. The van der Waals surface area contributed by atoms with Crippen molar-refractivity contribution in [1.29, 1.82) is 0 Å². The molecule has 1 aliphatic carbocycles. The van der Waals surface area contributed by atoms with Gasteiger partial charge < -0.3 is 15.3 Å². The van der Waals surface area contributed by atoms with Gasteiger partial charge in [-0.3, -0.25) is 0 Å². The van der Waals surface area contributed by atoms with Crippen LogP contribution in [0.25, 0.3) is 0 Å². The zero-order chi connectivity index (χ0) is 12.1. The highest BCUT2D eigenvalue weighted by Gasteiger charge is 2.35. The molecule has 3 nitrogen and oxygen atoms in total. The van der Waals surface area contributed by atoms with Crippen molar-refractivity contribution < 1.29 is 5.11 Å². The van der Waals surface area contributed by atoms with Crippen molar-refractivity contribution in [3.8, 4) is 0 Å². The number of rotatable bonds is 4. The van der Waals surface area contributed by atoms with E-state index in [4.69, 9.17) is 0 Å². The molecule has 1 unspecified atom stereocenters. The molecule has 1 atom stereocenters. The highest BCUT2D eigenvalue weighted by atomic mass is 16.3. The second-order valence-electron chi connectivity index (χ2n) is 6.03. The molecule has 1 heterocycles. The van der Waals surface area contributed by atoms with Gasteiger partial charge in [-0.05, 0) is 51.2 Å². The van der Waals surface area contributed by atoms with E-state index in [0.717, 1.165) is 6.54 Å². The topological polar surface area (TPSA) is 35.5 Å². The fourth-order valence-electron chi connectivity index (χ4n) is 3.56. The van der Waals surface area contributed by atoms with Crippen LogP contribution in [0.4, 0.5) is 0 Å². The van der Waals surface area contributed by atoms with Crippen molar-refractivity contribution in [2.45, 2.75) is 51.0 Å². The van der Waals surface area contributed by atoms with Crippen LogP contribution in [0.1, 0.15) is 44.9 Å². The first kappa shape index (κ1) is 13.3. The van der Waals surface area contributed by atoms with Crippen molar-refractivity contribution in [3.63, 3.8) is 0 Å². The number of hydrogen-bond donors (Lipinski definition) is 2. The maximum Gasteiger partial charge on any atom is 0.0597 e. The van der Waals surface area contributed by atoms with Gasteiger partial charge in [0.2, 0.25) is 0 Å². The number of nitrogens with zero attached hydrogens (tertiary/aromatic N) is 1. The maximum absolute atomic E-state index is 9.21. The number of likely N-dealkylation sites (tertiary alicyclic amines) is 1. The Morgan fingerprint density at radius 3 is 2.29 bits per heavy atom. The first-order valence-electron chi connectivity index (χ1n) is 7.28.